The number of rotatable bonds is 5. The molecule has 0 aromatic heterocycles. The van der Waals surface area contributed by atoms with Crippen LogP contribution in [0.4, 0.5) is 71.5 Å². The lowest BCUT2D eigenvalue weighted by atomic mass is 9.89. The fourth-order valence-electron chi connectivity index (χ4n) is 3.94. The standard InChI is InChI=1S/C25H4F15NO/c26-10-7(11(27)17(33)22(38)16(10)32)4-1-5(8-12(28)18(34)23(39)19(35)13(8)29)25(41-3-42)6(2-4)9-14(30)20(36)24(40)21(37)15(9)31/h1-3H,(H,41,42). The van der Waals surface area contributed by atoms with Gasteiger partial charge in [0, 0.05) is 11.1 Å². The highest BCUT2D eigenvalue weighted by Crippen LogP contribution is 2.46. The van der Waals surface area contributed by atoms with E-state index >= 15 is 0 Å². The van der Waals surface area contributed by atoms with Crippen molar-refractivity contribution in [3.63, 3.8) is 0 Å². The van der Waals surface area contributed by atoms with E-state index in [-0.39, 0.29) is 12.1 Å². The SMILES string of the molecule is O=CNc1c(-c2c(F)c(F)c(F)c(F)c2F)cc(-c2c(F)c(F)c(F)c(F)c2F)cc1-c1c(F)c(F)c(F)c(F)c1F. The lowest BCUT2D eigenvalue weighted by molar-refractivity contribution is -0.105. The van der Waals surface area contributed by atoms with E-state index in [1.54, 1.807) is 0 Å². The van der Waals surface area contributed by atoms with Gasteiger partial charge in [-0.15, -0.1) is 0 Å². The molecule has 17 heteroatoms. The zero-order chi connectivity index (χ0) is 31.5. The minimum Gasteiger partial charge on any atom is -0.328 e. The third-order valence-electron chi connectivity index (χ3n) is 5.80. The van der Waals surface area contributed by atoms with Crippen LogP contribution in [0, 0.1) is 87.3 Å². The minimum absolute atomic E-state index is 0.0437. The van der Waals surface area contributed by atoms with Crippen LogP contribution in [-0.4, -0.2) is 6.41 Å². The maximum absolute atomic E-state index is 14.8. The number of benzene rings is 4. The summed E-state index contributed by atoms with van der Waals surface area (Å²) in [5, 5.41) is 1.48. The fourth-order valence-corrected chi connectivity index (χ4v) is 3.94. The molecule has 0 bridgehead atoms. The van der Waals surface area contributed by atoms with Crippen LogP contribution in [0.15, 0.2) is 12.1 Å². The molecule has 0 atom stereocenters. The van der Waals surface area contributed by atoms with E-state index in [2.05, 4.69) is 0 Å². The summed E-state index contributed by atoms with van der Waals surface area (Å²) < 4.78 is 213. The Hall–Kier alpha value is -4.70. The third kappa shape index (κ3) is 4.30. The molecule has 0 spiro atoms. The molecule has 0 aliphatic heterocycles. The lowest BCUT2D eigenvalue weighted by Gasteiger charge is -2.20. The average Bonchev–Trinajstić information content (AvgIpc) is 2.96. The number of halogens is 15. The van der Waals surface area contributed by atoms with E-state index < -0.39 is 133 Å². The number of hydrogen-bond donors (Lipinski definition) is 1. The third-order valence-corrected chi connectivity index (χ3v) is 5.80. The van der Waals surface area contributed by atoms with Crippen LogP contribution < -0.4 is 5.32 Å². The molecule has 4 rings (SSSR count). The van der Waals surface area contributed by atoms with Crippen molar-refractivity contribution < 1.29 is 70.7 Å². The predicted molar refractivity (Wildman–Crippen MR) is 112 cm³/mol. The van der Waals surface area contributed by atoms with Crippen molar-refractivity contribution in [3.05, 3.63) is 99.4 Å². The number of hydrogen-bond acceptors (Lipinski definition) is 1. The van der Waals surface area contributed by atoms with Crippen LogP contribution >= 0.6 is 0 Å². The molecule has 1 amide bonds. The largest absolute Gasteiger partial charge is 0.328 e. The van der Waals surface area contributed by atoms with Crippen molar-refractivity contribution in [2.75, 3.05) is 5.32 Å². The van der Waals surface area contributed by atoms with Crippen LogP contribution in [0.5, 0.6) is 0 Å². The molecule has 0 fully saturated rings. The Labute approximate surface area is 221 Å². The molecule has 0 aliphatic rings. The van der Waals surface area contributed by atoms with Crippen molar-refractivity contribution in [1.82, 2.24) is 0 Å². The van der Waals surface area contributed by atoms with Crippen LogP contribution in [-0.2, 0) is 4.79 Å². The average molecular weight is 619 g/mol. The normalized spacial score (nSPS) is 11.3. The Morgan fingerprint density at radius 1 is 0.381 bits per heavy atom. The van der Waals surface area contributed by atoms with Gasteiger partial charge < -0.3 is 5.32 Å². The molecule has 42 heavy (non-hydrogen) atoms. The van der Waals surface area contributed by atoms with E-state index in [1.807, 2.05) is 0 Å². The number of carbonyl (C=O) groups excluding carboxylic acids is 1. The molecule has 0 saturated carbocycles. The Bertz CT molecular complexity index is 1660. The zero-order valence-electron chi connectivity index (χ0n) is 19.3. The fraction of sp³-hybridized carbons (Fsp3) is 0. The summed E-state index contributed by atoms with van der Waals surface area (Å²) in [6, 6.07) is -0.0874. The molecular weight excluding hydrogens is 615 g/mol. The second-order valence-electron chi connectivity index (χ2n) is 8.04. The lowest BCUT2D eigenvalue weighted by Crippen LogP contribution is -2.10. The Kier molecular flexibility index (Phi) is 7.64. The van der Waals surface area contributed by atoms with Gasteiger partial charge in [-0.25, -0.2) is 65.9 Å². The van der Waals surface area contributed by atoms with E-state index in [0.29, 0.717) is 0 Å². The summed E-state index contributed by atoms with van der Waals surface area (Å²) in [6.07, 6.45) is -0.488. The van der Waals surface area contributed by atoms with Gasteiger partial charge >= 0.3 is 0 Å². The predicted octanol–water partition coefficient (Wildman–Crippen LogP) is 8.34. The number of nitrogens with one attached hydrogen (secondary N) is 1. The molecule has 2 nitrogen and oxygen atoms in total. The smallest absolute Gasteiger partial charge is 0.211 e. The van der Waals surface area contributed by atoms with Gasteiger partial charge in [-0.3, -0.25) is 4.79 Å². The molecule has 0 saturated heterocycles. The summed E-state index contributed by atoms with van der Waals surface area (Å²) in [6.45, 7) is 0. The van der Waals surface area contributed by atoms with Crippen LogP contribution in [0.25, 0.3) is 33.4 Å². The molecule has 4 aromatic rings. The molecule has 0 aliphatic carbocycles. The summed E-state index contributed by atoms with van der Waals surface area (Å²) in [5.41, 5.74) is -12.6. The zero-order valence-corrected chi connectivity index (χ0v) is 19.3. The number of carbonyl (C=O) groups is 1. The number of amides is 1. The van der Waals surface area contributed by atoms with Crippen molar-refractivity contribution in [2.24, 2.45) is 0 Å². The van der Waals surface area contributed by atoms with Gasteiger partial charge in [0.05, 0.1) is 22.4 Å². The Morgan fingerprint density at radius 3 is 0.881 bits per heavy atom. The molecule has 1 N–H and O–H groups in total. The number of anilines is 1. The van der Waals surface area contributed by atoms with E-state index in [0.717, 1.165) is 0 Å². The molecule has 0 heterocycles. The van der Waals surface area contributed by atoms with E-state index in [4.69, 9.17) is 0 Å². The molecule has 0 radical (unpaired) electrons. The summed E-state index contributed by atoms with van der Waals surface area (Å²) in [4.78, 5) is 11.3. The van der Waals surface area contributed by atoms with Gasteiger partial charge in [-0.2, -0.15) is 0 Å². The van der Waals surface area contributed by atoms with Crippen molar-refractivity contribution in [1.29, 1.82) is 0 Å². The Morgan fingerprint density at radius 2 is 0.619 bits per heavy atom. The van der Waals surface area contributed by atoms with Crippen LogP contribution in [0.1, 0.15) is 0 Å². The monoisotopic (exact) mass is 619 g/mol. The first-order valence-corrected chi connectivity index (χ1v) is 10.5. The van der Waals surface area contributed by atoms with Crippen LogP contribution in [0.2, 0.25) is 0 Å². The second kappa shape index (κ2) is 10.6. The highest BCUT2D eigenvalue weighted by Gasteiger charge is 2.34. The second-order valence-corrected chi connectivity index (χ2v) is 8.04. The van der Waals surface area contributed by atoms with Gasteiger partial charge in [0.25, 0.3) is 0 Å². The summed E-state index contributed by atoms with van der Waals surface area (Å²) in [5.74, 6) is -40.9. The summed E-state index contributed by atoms with van der Waals surface area (Å²) >= 11 is 0. The van der Waals surface area contributed by atoms with Crippen LogP contribution in [0.3, 0.4) is 0 Å². The highest BCUT2D eigenvalue weighted by molar-refractivity contribution is 5.99. The minimum atomic E-state index is -2.78. The van der Waals surface area contributed by atoms with Crippen molar-refractivity contribution in [2.45, 2.75) is 0 Å². The van der Waals surface area contributed by atoms with Gasteiger partial charge in [-0.05, 0) is 17.7 Å². The molecule has 0 unspecified atom stereocenters. The summed E-state index contributed by atoms with van der Waals surface area (Å²) in [7, 11) is 0. The van der Waals surface area contributed by atoms with Gasteiger partial charge in [0.15, 0.2) is 69.8 Å². The maximum Gasteiger partial charge on any atom is 0.211 e. The molecular formula is C25H4F15NO. The first kappa shape index (κ1) is 30.3. The first-order valence-electron chi connectivity index (χ1n) is 10.5. The van der Waals surface area contributed by atoms with Gasteiger partial charge in [-0.1, -0.05) is 0 Å². The maximum atomic E-state index is 14.8. The van der Waals surface area contributed by atoms with Gasteiger partial charge in [0.2, 0.25) is 23.9 Å². The molecule has 4 aromatic carbocycles. The first-order chi connectivity index (χ1) is 19.6. The highest BCUT2D eigenvalue weighted by atomic mass is 19.2. The van der Waals surface area contributed by atoms with E-state index in [9.17, 15) is 70.7 Å². The topological polar surface area (TPSA) is 29.1 Å². The Balaban J connectivity index is 2.34. The quantitative estimate of drug-likeness (QED) is 0.104. The molecule has 220 valence electrons. The van der Waals surface area contributed by atoms with Crippen molar-refractivity contribution >= 4 is 12.1 Å². The van der Waals surface area contributed by atoms with Gasteiger partial charge in [0.1, 0.15) is 0 Å². The van der Waals surface area contributed by atoms with E-state index in [1.165, 1.54) is 5.32 Å². The van der Waals surface area contributed by atoms with Crippen molar-refractivity contribution in [3.8, 4) is 33.4 Å².